The minimum absolute atomic E-state index is 0.690. The molecule has 0 fully saturated rings. The number of ether oxygens (including phenoxy) is 2. The molecule has 3 aromatic carbocycles. The maximum Gasteiger partial charge on any atom is 0.191 e. The minimum atomic E-state index is 0.690. The number of methoxy groups -OCH3 is 2. The smallest absolute Gasteiger partial charge is 0.191 e. The zero-order valence-corrected chi connectivity index (χ0v) is 18.3. The normalized spacial score (nSPS) is 11.0. The van der Waals surface area contributed by atoms with E-state index in [1.807, 2.05) is 18.2 Å². The fourth-order valence-electron chi connectivity index (χ4n) is 3.61. The highest BCUT2D eigenvalue weighted by molar-refractivity contribution is 7.98. The average molecular weight is 420 g/mol. The van der Waals surface area contributed by atoms with Crippen molar-refractivity contribution < 1.29 is 9.47 Å². The van der Waals surface area contributed by atoms with Crippen LogP contribution >= 0.6 is 11.8 Å². The lowest BCUT2D eigenvalue weighted by atomic mass is 10.1. The maximum atomic E-state index is 5.43. The Labute approximate surface area is 181 Å². The van der Waals surface area contributed by atoms with E-state index in [1.54, 1.807) is 26.0 Å². The summed E-state index contributed by atoms with van der Waals surface area (Å²) in [7, 11) is 3.29. The number of thioether (sulfide) groups is 1. The van der Waals surface area contributed by atoms with E-state index in [9.17, 15) is 0 Å². The Morgan fingerprint density at radius 2 is 1.70 bits per heavy atom. The summed E-state index contributed by atoms with van der Waals surface area (Å²) >= 11 is 1.73. The van der Waals surface area contributed by atoms with Crippen molar-refractivity contribution in [2.24, 2.45) is 0 Å². The number of aromatic nitrogens is 3. The van der Waals surface area contributed by atoms with Crippen molar-refractivity contribution in [3.05, 3.63) is 77.6 Å². The highest BCUT2D eigenvalue weighted by atomic mass is 32.2. The van der Waals surface area contributed by atoms with Crippen molar-refractivity contribution in [3.63, 3.8) is 0 Å². The van der Waals surface area contributed by atoms with Gasteiger partial charge >= 0.3 is 0 Å². The lowest BCUT2D eigenvalue weighted by Crippen LogP contribution is -2.04. The SMILES string of the molecule is CCn1c(Cc2ccc(OC)c(OC)c2)nnc1SCc1cccc2ccccc12. The first-order valence-electron chi connectivity index (χ1n) is 9.96. The summed E-state index contributed by atoms with van der Waals surface area (Å²) in [6.45, 7) is 2.96. The first kappa shape index (κ1) is 20.3. The second kappa shape index (κ2) is 9.22. The van der Waals surface area contributed by atoms with Gasteiger partial charge in [-0.15, -0.1) is 10.2 Å². The van der Waals surface area contributed by atoms with E-state index in [0.29, 0.717) is 6.42 Å². The summed E-state index contributed by atoms with van der Waals surface area (Å²) in [5.74, 6) is 3.26. The van der Waals surface area contributed by atoms with Gasteiger partial charge in [-0.2, -0.15) is 0 Å². The Balaban J connectivity index is 1.54. The van der Waals surface area contributed by atoms with Crippen LogP contribution < -0.4 is 9.47 Å². The van der Waals surface area contributed by atoms with Crippen molar-refractivity contribution in [3.8, 4) is 11.5 Å². The lowest BCUT2D eigenvalue weighted by Gasteiger charge is -2.11. The predicted molar refractivity (Wildman–Crippen MR) is 122 cm³/mol. The molecule has 0 radical (unpaired) electrons. The summed E-state index contributed by atoms with van der Waals surface area (Å²) in [5.41, 5.74) is 2.42. The number of rotatable bonds is 8. The third-order valence-corrected chi connectivity index (χ3v) is 6.17. The molecule has 6 heteroatoms. The molecule has 0 N–H and O–H groups in total. The summed E-state index contributed by atoms with van der Waals surface area (Å²) in [5, 5.41) is 12.5. The van der Waals surface area contributed by atoms with Crippen LogP contribution in [-0.4, -0.2) is 29.0 Å². The van der Waals surface area contributed by atoms with Gasteiger partial charge in [-0.1, -0.05) is 60.3 Å². The van der Waals surface area contributed by atoms with E-state index < -0.39 is 0 Å². The van der Waals surface area contributed by atoms with Crippen molar-refractivity contribution in [2.45, 2.75) is 30.8 Å². The van der Waals surface area contributed by atoms with Crippen LogP contribution in [0.25, 0.3) is 10.8 Å². The molecule has 0 bridgehead atoms. The second-order valence-electron chi connectivity index (χ2n) is 6.94. The van der Waals surface area contributed by atoms with Crippen LogP contribution in [0, 0.1) is 0 Å². The first-order valence-corrected chi connectivity index (χ1v) is 10.9. The van der Waals surface area contributed by atoms with E-state index >= 15 is 0 Å². The van der Waals surface area contributed by atoms with Crippen LogP contribution in [0.3, 0.4) is 0 Å². The molecule has 1 aromatic heterocycles. The van der Waals surface area contributed by atoms with Gasteiger partial charge in [0, 0.05) is 18.7 Å². The summed E-state index contributed by atoms with van der Waals surface area (Å²) < 4.78 is 12.9. The van der Waals surface area contributed by atoms with Crippen molar-refractivity contribution in [2.75, 3.05) is 14.2 Å². The Bertz CT molecular complexity index is 1150. The van der Waals surface area contributed by atoms with E-state index in [-0.39, 0.29) is 0 Å². The molecule has 0 spiro atoms. The molecule has 0 amide bonds. The molecule has 0 saturated heterocycles. The van der Waals surface area contributed by atoms with Crippen LogP contribution in [0.2, 0.25) is 0 Å². The van der Waals surface area contributed by atoms with Crippen LogP contribution in [0.4, 0.5) is 0 Å². The van der Waals surface area contributed by atoms with Gasteiger partial charge in [-0.05, 0) is 41.0 Å². The summed E-state index contributed by atoms with van der Waals surface area (Å²) in [6.07, 6.45) is 0.690. The van der Waals surface area contributed by atoms with E-state index in [1.165, 1.54) is 16.3 Å². The van der Waals surface area contributed by atoms with E-state index in [2.05, 4.69) is 64.2 Å². The third-order valence-electron chi connectivity index (χ3n) is 5.16. The number of fused-ring (bicyclic) bond motifs is 1. The fraction of sp³-hybridized carbons (Fsp3) is 0.250. The molecule has 0 aliphatic rings. The van der Waals surface area contributed by atoms with Gasteiger partial charge in [0.2, 0.25) is 0 Å². The van der Waals surface area contributed by atoms with Crippen LogP contribution in [0.1, 0.15) is 23.9 Å². The first-order chi connectivity index (χ1) is 14.7. The van der Waals surface area contributed by atoms with E-state index in [0.717, 1.165) is 40.3 Å². The predicted octanol–water partition coefficient (Wildman–Crippen LogP) is 5.35. The highest BCUT2D eigenvalue weighted by Gasteiger charge is 2.14. The lowest BCUT2D eigenvalue weighted by molar-refractivity contribution is 0.354. The number of nitrogens with zero attached hydrogens (tertiary/aromatic N) is 3. The standard InChI is InChI=1S/C24H25N3O2S/c1-4-27-23(15-17-12-13-21(28-2)22(14-17)29-3)25-26-24(27)30-16-19-10-7-9-18-8-5-6-11-20(18)19/h5-14H,4,15-16H2,1-3H3. The quantitative estimate of drug-likeness (QED) is 0.360. The van der Waals surface area contributed by atoms with Gasteiger partial charge < -0.3 is 14.0 Å². The molecule has 4 aromatic rings. The molecular weight excluding hydrogens is 394 g/mol. The van der Waals surface area contributed by atoms with Gasteiger partial charge in [0.1, 0.15) is 5.82 Å². The highest BCUT2D eigenvalue weighted by Crippen LogP contribution is 2.30. The third kappa shape index (κ3) is 4.14. The fourth-order valence-corrected chi connectivity index (χ4v) is 4.63. The molecule has 0 saturated carbocycles. The van der Waals surface area contributed by atoms with Crippen LogP contribution in [0.15, 0.2) is 65.8 Å². The number of benzene rings is 3. The molecule has 5 nitrogen and oxygen atoms in total. The second-order valence-corrected chi connectivity index (χ2v) is 7.88. The maximum absolute atomic E-state index is 5.43. The molecule has 0 atom stereocenters. The molecule has 154 valence electrons. The minimum Gasteiger partial charge on any atom is -0.493 e. The molecule has 1 heterocycles. The van der Waals surface area contributed by atoms with E-state index in [4.69, 9.17) is 9.47 Å². The van der Waals surface area contributed by atoms with Gasteiger partial charge in [-0.25, -0.2) is 0 Å². The van der Waals surface area contributed by atoms with Crippen molar-refractivity contribution in [1.82, 2.24) is 14.8 Å². The Morgan fingerprint density at radius 3 is 2.50 bits per heavy atom. The van der Waals surface area contributed by atoms with Crippen molar-refractivity contribution >= 4 is 22.5 Å². The summed E-state index contributed by atoms with van der Waals surface area (Å²) in [4.78, 5) is 0. The van der Waals surface area contributed by atoms with Crippen molar-refractivity contribution in [1.29, 1.82) is 0 Å². The van der Waals surface area contributed by atoms with Gasteiger partial charge in [0.05, 0.1) is 14.2 Å². The van der Waals surface area contributed by atoms with Gasteiger partial charge in [0.15, 0.2) is 16.7 Å². The molecule has 0 aliphatic heterocycles. The van der Waals surface area contributed by atoms with Crippen LogP contribution in [-0.2, 0) is 18.7 Å². The molecule has 30 heavy (non-hydrogen) atoms. The van der Waals surface area contributed by atoms with Gasteiger partial charge in [0.25, 0.3) is 0 Å². The Morgan fingerprint density at radius 1 is 0.900 bits per heavy atom. The topological polar surface area (TPSA) is 49.2 Å². The Hall–Kier alpha value is -2.99. The number of hydrogen-bond donors (Lipinski definition) is 0. The van der Waals surface area contributed by atoms with Crippen LogP contribution in [0.5, 0.6) is 11.5 Å². The number of hydrogen-bond acceptors (Lipinski definition) is 5. The van der Waals surface area contributed by atoms with Gasteiger partial charge in [-0.3, -0.25) is 0 Å². The largest absolute Gasteiger partial charge is 0.493 e. The zero-order chi connectivity index (χ0) is 20.9. The average Bonchev–Trinajstić information content (AvgIpc) is 3.18. The molecule has 0 unspecified atom stereocenters. The molecular formula is C24H25N3O2S. The monoisotopic (exact) mass is 419 g/mol. The molecule has 4 rings (SSSR count). The Kier molecular flexibility index (Phi) is 6.23. The zero-order valence-electron chi connectivity index (χ0n) is 17.5. The summed E-state index contributed by atoms with van der Waals surface area (Å²) in [6, 6.07) is 20.9. The molecule has 0 aliphatic carbocycles.